The first-order chi connectivity index (χ1) is 7.71. The first-order valence-electron chi connectivity index (χ1n) is 6.18. The van der Waals surface area contributed by atoms with Crippen molar-refractivity contribution in [1.82, 2.24) is 4.90 Å². The largest absolute Gasteiger partial charge is 0.384 e. The number of carbonyl (C=O) groups excluding carboxylic acids is 1. The number of ether oxygens (including phenoxy) is 1. The fourth-order valence-corrected chi connectivity index (χ4v) is 2.20. The maximum atomic E-state index is 12.0. The number of rotatable bonds is 6. The summed E-state index contributed by atoms with van der Waals surface area (Å²) in [6.45, 7) is 5.19. The second-order valence-corrected chi connectivity index (χ2v) is 4.66. The van der Waals surface area contributed by atoms with Gasteiger partial charge in [0.2, 0.25) is 5.91 Å². The van der Waals surface area contributed by atoms with Crippen LogP contribution in [0.1, 0.15) is 26.2 Å². The van der Waals surface area contributed by atoms with Crippen LogP contribution >= 0.6 is 0 Å². The second-order valence-electron chi connectivity index (χ2n) is 4.66. The van der Waals surface area contributed by atoms with E-state index in [-0.39, 0.29) is 5.91 Å². The standard InChI is InChI=1S/C12H24N2O2/c1-3-10(7-13)6-12(15)14-5-4-11(8-14)9-16-2/h10-11H,3-9,13H2,1-2H3. The van der Waals surface area contributed by atoms with E-state index in [4.69, 9.17) is 10.5 Å². The molecule has 0 spiro atoms. The molecule has 2 N–H and O–H groups in total. The Morgan fingerprint density at radius 2 is 2.38 bits per heavy atom. The van der Waals surface area contributed by atoms with Gasteiger partial charge in [0.25, 0.3) is 0 Å². The lowest BCUT2D eigenvalue weighted by Crippen LogP contribution is -2.32. The number of amides is 1. The molecule has 16 heavy (non-hydrogen) atoms. The molecule has 1 aliphatic rings. The SMILES string of the molecule is CCC(CN)CC(=O)N1CCC(COC)C1. The highest BCUT2D eigenvalue weighted by Gasteiger charge is 2.26. The van der Waals surface area contributed by atoms with Gasteiger partial charge in [0.15, 0.2) is 0 Å². The molecule has 94 valence electrons. The summed E-state index contributed by atoms with van der Waals surface area (Å²) in [7, 11) is 1.71. The molecule has 1 aliphatic heterocycles. The Balaban J connectivity index is 2.33. The molecule has 1 fully saturated rings. The summed E-state index contributed by atoms with van der Waals surface area (Å²) in [5, 5.41) is 0. The normalized spacial score (nSPS) is 22.4. The molecule has 0 aliphatic carbocycles. The van der Waals surface area contributed by atoms with E-state index in [0.29, 0.717) is 24.8 Å². The zero-order chi connectivity index (χ0) is 12.0. The van der Waals surface area contributed by atoms with Crippen LogP contribution in [0, 0.1) is 11.8 Å². The van der Waals surface area contributed by atoms with Crippen molar-refractivity contribution in [2.75, 3.05) is 33.4 Å². The summed E-state index contributed by atoms with van der Waals surface area (Å²) >= 11 is 0. The molecule has 1 rings (SSSR count). The fourth-order valence-electron chi connectivity index (χ4n) is 2.20. The monoisotopic (exact) mass is 228 g/mol. The van der Waals surface area contributed by atoms with Gasteiger partial charge in [-0.15, -0.1) is 0 Å². The molecule has 0 aromatic heterocycles. The van der Waals surface area contributed by atoms with Crippen LogP contribution in [0.25, 0.3) is 0 Å². The number of likely N-dealkylation sites (tertiary alicyclic amines) is 1. The highest BCUT2D eigenvalue weighted by atomic mass is 16.5. The van der Waals surface area contributed by atoms with Crippen LogP contribution in [-0.2, 0) is 9.53 Å². The zero-order valence-corrected chi connectivity index (χ0v) is 10.4. The quantitative estimate of drug-likeness (QED) is 0.733. The Morgan fingerprint density at radius 3 is 2.94 bits per heavy atom. The molecule has 1 amide bonds. The summed E-state index contributed by atoms with van der Waals surface area (Å²) in [6.07, 6.45) is 2.66. The van der Waals surface area contributed by atoms with E-state index in [2.05, 4.69) is 6.92 Å². The first-order valence-corrected chi connectivity index (χ1v) is 6.18. The molecule has 1 saturated heterocycles. The Morgan fingerprint density at radius 1 is 1.62 bits per heavy atom. The smallest absolute Gasteiger partial charge is 0.222 e. The van der Waals surface area contributed by atoms with E-state index in [9.17, 15) is 4.79 Å². The van der Waals surface area contributed by atoms with Crippen molar-refractivity contribution < 1.29 is 9.53 Å². The molecule has 0 bridgehead atoms. The van der Waals surface area contributed by atoms with Gasteiger partial charge in [-0.3, -0.25) is 4.79 Å². The van der Waals surface area contributed by atoms with Crippen LogP contribution in [0.15, 0.2) is 0 Å². The number of nitrogens with two attached hydrogens (primary N) is 1. The van der Waals surface area contributed by atoms with Gasteiger partial charge in [0.05, 0.1) is 6.61 Å². The maximum absolute atomic E-state index is 12.0. The van der Waals surface area contributed by atoms with Crippen molar-refractivity contribution in [2.24, 2.45) is 17.6 Å². The molecule has 0 radical (unpaired) electrons. The van der Waals surface area contributed by atoms with Gasteiger partial charge in [-0.05, 0) is 18.9 Å². The van der Waals surface area contributed by atoms with Gasteiger partial charge in [-0.25, -0.2) is 0 Å². The average Bonchev–Trinajstić information content (AvgIpc) is 2.74. The maximum Gasteiger partial charge on any atom is 0.222 e. The Bertz CT molecular complexity index is 217. The Kier molecular flexibility index (Phi) is 5.77. The third-order valence-corrected chi connectivity index (χ3v) is 3.41. The van der Waals surface area contributed by atoms with E-state index < -0.39 is 0 Å². The minimum Gasteiger partial charge on any atom is -0.384 e. The van der Waals surface area contributed by atoms with E-state index in [0.717, 1.165) is 32.5 Å². The molecule has 4 heteroatoms. The van der Waals surface area contributed by atoms with Crippen LogP contribution in [0.5, 0.6) is 0 Å². The molecular weight excluding hydrogens is 204 g/mol. The molecule has 0 aromatic rings. The van der Waals surface area contributed by atoms with Crippen LogP contribution in [0.4, 0.5) is 0 Å². The lowest BCUT2D eigenvalue weighted by atomic mass is 10.0. The number of nitrogens with zero attached hydrogens (tertiary/aromatic N) is 1. The molecule has 2 unspecified atom stereocenters. The van der Waals surface area contributed by atoms with E-state index in [1.165, 1.54) is 0 Å². The van der Waals surface area contributed by atoms with Crippen molar-refractivity contribution in [3.8, 4) is 0 Å². The van der Waals surface area contributed by atoms with Crippen LogP contribution in [-0.4, -0.2) is 44.2 Å². The summed E-state index contributed by atoms with van der Waals surface area (Å²) in [5.41, 5.74) is 5.61. The van der Waals surface area contributed by atoms with Crippen LogP contribution < -0.4 is 5.73 Å². The number of methoxy groups -OCH3 is 1. The molecule has 2 atom stereocenters. The number of hydrogen-bond donors (Lipinski definition) is 1. The Hall–Kier alpha value is -0.610. The highest BCUT2D eigenvalue weighted by Crippen LogP contribution is 2.19. The molecule has 0 saturated carbocycles. The van der Waals surface area contributed by atoms with Crippen molar-refractivity contribution in [1.29, 1.82) is 0 Å². The number of carbonyl (C=O) groups is 1. The van der Waals surface area contributed by atoms with Gasteiger partial charge in [0.1, 0.15) is 0 Å². The predicted octanol–water partition coefficient (Wildman–Crippen LogP) is 0.856. The van der Waals surface area contributed by atoms with E-state index >= 15 is 0 Å². The summed E-state index contributed by atoms with van der Waals surface area (Å²) < 4.78 is 5.12. The molecule has 4 nitrogen and oxygen atoms in total. The first kappa shape index (κ1) is 13.5. The lowest BCUT2D eigenvalue weighted by Gasteiger charge is -2.19. The highest BCUT2D eigenvalue weighted by molar-refractivity contribution is 5.76. The third kappa shape index (κ3) is 3.76. The van der Waals surface area contributed by atoms with E-state index in [1.807, 2.05) is 4.90 Å². The molecule has 0 aromatic carbocycles. The third-order valence-electron chi connectivity index (χ3n) is 3.41. The topological polar surface area (TPSA) is 55.6 Å². The Labute approximate surface area is 98.1 Å². The average molecular weight is 228 g/mol. The van der Waals surface area contributed by atoms with Gasteiger partial charge in [0, 0.05) is 32.5 Å². The summed E-state index contributed by atoms with van der Waals surface area (Å²) in [5.74, 6) is 1.12. The second kappa shape index (κ2) is 6.86. The minimum absolute atomic E-state index is 0.260. The van der Waals surface area contributed by atoms with Gasteiger partial charge < -0.3 is 15.4 Å². The lowest BCUT2D eigenvalue weighted by molar-refractivity contribution is -0.131. The molecular formula is C12H24N2O2. The van der Waals surface area contributed by atoms with Crippen molar-refractivity contribution in [3.63, 3.8) is 0 Å². The summed E-state index contributed by atoms with van der Waals surface area (Å²) in [6, 6.07) is 0. The molecule has 1 heterocycles. The minimum atomic E-state index is 0.260. The fraction of sp³-hybridized carbons (Fsp3) is 0.917. The summed E-state index contributed by atoms with van der Waals surface area (Å²) in [4.78, 5) is 13.9. The van der Waals surface area contributed by atoms with E-state index in [1.54, 1.807) is 7.11 Å². The van der Waals surface area contributed by atoms with Crippen molar-refractivity contribution >= 4 is 5.91 Å². The van der Waals surface area contributed by atoms with Crippen LogP contribution in [0.3, 0.4) is 0 Å². The van der Waals surface area contributed by atoms with Crippen LogP contribution in [0.2, 0.25) is 0 Å². The van der Waals surface area contributed by atoms with Gasteiger partial charge >= 0.3 is 0 Å². The zero-order valence-electron chi connectivity index (χ0n) is 10.4. The predicted molar refractivity (Wildman–Crippen MR) is 64.0 cm³/mol. The van der Waals surface area contributed by atoms with Crippen molar-refractivity contribution in [3.05, 3.63) is 0 Å². The van der Waals surface area contributed by atoms with Gasteiger partial charge in [-0.2, -0.15) is 0 Å². The van der Waals surface area contributed by atoms with Gasteiger partial charge in [-0.1, -0.05) is 13.3 Å². The van der Waals surface area contributed by atoms with Crippen molar-refractivity contribution in [2.45, 2.75) is 26.2 Å². The number of hydrogen-bond acceptors (Lipinski definition) is 3.